The number of rotatable bonds is 3. The molecule has 1 atom stereocenters. The standard InChI is InChI=1S/C9H16BrN3/c1-6(4-5-11)13-8(3)9(10)7(2)12-13/h6H,4-5,11H2,1-3H3. The molecule has 0 amide bonds. The van der Waals surface area contributed by atoms with Crippen molar-refractivity contribution in [3.8, 4) is 0 Å². The Hall–Kier alpha value is -0.350. The summed E-state index contributed by atoms with van der Waals surface area (Å²) in [5.74, 6) is 0. The topological polar surface area (TPSA) is 43.8 Å². The maximum Gasteiger partial charge on any atom is 0.0738 e. The van der Waals surface area contributed by atoms with E-state index in [4.69, 9.17) is 5.73 Å². The average Bonchev–Trinajstić information content (AvgIpc) is 2.33. The molecule has 1 unspecified atom stereocenters. The highest BCUT2D eigenvalue weighted by atomic mass is 79.9. The smallest absolute Gasteiger partial charge is 0.0738 e. The van der Waals surface area contributed by atoms with Crippen molar-refractivity contribution in [2.75, 3.05) is 6.54 Å². The lowest BCUT2D eigenvalue weighted by Crippen LogP contribution is -2.13. The van der Waals surface area contributed by atoms with E-state index in [2.05, 4.69) is 34.9 Å². The van der Waals surface area contributed by atoms with Crippen LogP contribution < -0.4 is 5.73 Å². The minimum Gasteiger partial charge on any atom is -0.330 e. The fourth-order valence-corrected chi connectivity index (χ4v) is 1.70. The summed E-state index contributed by atoms with van der Waals surface area (Å²) >= 11 is 3.50. The van der Waals surface area contributed by atoms with Crippen molar-refractivity contribution in [2.45, 2.75) is 33.2 Å². The minimum absolute atomic E-state index is 0.384. The molecule has 3 nitrogen and oxygen atoms in total. The normalized spacial score (nSPS) is 13.3. The number of halogens is 1. The van der Waals surface area contributed by atoms with Gasteiger partial charge in [-0.15, -0.1) is 0 Å². The zero-order valence-corrected chi connectivity index (χ0v) is 9.93. The van der Waals surface area contributed by atoms with Crippen molar-refractivity contribution in [3.05, 3.63) is 15.9 Å². The Kier molecular flexibility index (Phi) is 3.50. The van der Waals surface area contributed by atoms with Gasteiger partial charge >= 0.3 is 0 Å². The van der Waals surface area contributed by atoms with Crippen molar-refractivity contribution in [1.82, 2.24) is 9.78 Å². The molecule has 0 saturated carbocycles. The van der Waals surface area contributed by atoms with Gasteiger partial charge in [-0.1, -0.05) is 0 Å². The van der Waals surface area contributed by atoms with E-state index in [1.54, 1.807) is 0 Å². The van der Waals surface area contributed by atoms with Gasteiger partial charge < -0.3 is 5.73 Å². The van der Waals surface area contributed by atoms with Crippen LogP contribution in [0.2, 0.25) is 0 Å². The quantitative estimate of drug-likeness (QED) is 0.888. The first-order valence-corrected chi connectivity index (χ1v) is 5.28. The van der Waals surface area contributed by atoms with Gasteiger partial charge in [0.1, 0.15) is 0 Å². The van der Waals surface area contributed by atoms with Crippen LogP contribution in [0.1, 0.15) is 30.8 Å². The Morgan fingerprint density at radius 2 is 2.15 bits per heavy atom. The second-order valence-electron chi connectivity index (χ2n) is 3.36. The van der Waals surface area contributed by atoms with E-state index < -0.39 is 0 Å². The molecule has 0 aliphatic heterocycles. The highest BCUT2D eigenvalue weighted by molar-refractivity contribution is 9.10. The Morgan fingerprint density at radius 1 is 1.54 bits per heavy atom. The van der Waals surface area contributed by atoms with E-state index in [0.717, 1.165) is 16.6 Å². The van der Waals surface area contributed by atoms with Crippen LogP contribution in [0.15, 0.2) is 4.47 Å². The minimum atomic E-state index is 0.384. The van der Waals surface area contributed by atoms with Crippen molar-refractivity contribution in [2.24, 2.45) is 5.73 Å². The van der Waals surface area contributed by atoms with Gasteiger partial charge in [0.05, 0.1) is 21.9 Å². The fraction of sp³-hybridized carbons (Fsp3) is 0.667. The molecule has 0 aromatic carbocycles. The van der Waals surface area contributed by atoms with Crippen LogP contribution >= 0.6 is 15.9 Å². The number of aromatic nitrogens is 2. The second-order valence-corrected chi connectivity index (χ2v) is 4.15. The Balaban J connectivity index is 2.94. The SMILES string of the molecule is Cc1nn(C(C)CCN)c(C)c1Br. The van der Waals surface area contributed by atoms with Gasteiger partial charge in [-0.05, 0) is 49.7 Å². The van der Waals surface area contributed by atoms with Crippen molar-refractivity contribution >= 4 is 15.9 Å². The lowest BCUT2D eigenvalue weighted by atomic mass is 10.2. The first kappa shape index (κ1) is 10.7. The summed E-state index contributed by atoms with van der Waals surface area (Å²) in [6, 6.07) is 0.384. The van der Waals surface area contributed by atoms with Crippen molar-refractivity contribution in [1.29, 1.82) is 0 Å². The molecule has 13 heavy (non-hydrogen) atoms. The molecule has 0 radical (unpaired) electrons. The third kappa shape index (κ3) is 2.11. The first-order valence-electron chi connectivity index (χ1n) is 4.49. The zero-order valence-electron chi connectivity index (χ0n) is 8.34. The van der Waals surface area contributed by atoms with E-state index in [1.807, 2.05) is 11.6 Å². The lowest BCUT2D eigenvalue weighted by molar-refractivity contribution is 0.453. The van der Waals surface area contributed by atoms with Crippen LogP contribution in [-0.2, 0) is 0 Å². The van der Waals surface area contributed by atoms with Crippen LogP contribution in [0.5, 0.6) is 0 Å². The predicted octanol–water partition coefficient (Wildman–Crippen LogP) is 2.17. The van der Waals surface area contributed by atoms with Crippen LogP contribution in [-0.4, -0.2) is 16.3 Å². The summed E-state index contributed by atoms with van der Waals surface area (Å²) in [5.41, 5.74) is 7.73. The molecule has 4 heteroatoms. The van der Waals surface area contributed by atoms with E-state index in [9.17, 15) is 0 Å². The van der Waals surface area contributed by atoms with Gasteiger partial charge in [-0.25, -0.2) is 0 Å². The highest BCUT2D eigenvalue weighted by Gasteiger charge is 2.12. The zero-order chi connectivity index (χ0) is 10.0. The molecule has 1 aromatic rings. The third-order valence-corrected chi connectivity index (χ3v) is 3.39. The van der Waals surface area contributed by atoms with E-state index in [0.29, 0.717) is 12.6 Å². The summed E-state index contributed by atoms with van der Waals surface area (Å²) in [7, 11) is 0. The highest BCUT2D eigenvalue weighted by Crippen LogP contribution is 2.23. The molecule has 0 bridgehead atoms. The molecule has 0 spiro atoms. The Labute approximate surface area is 87.4 Å². The molecule has 1 rings (SSSR count). The second kappa shape index (κ2) is 4.24. The lowest BCUT2D eigenvalue weighted by Gasteiger charge is -2.12. The summed E-state index contributed by atoms with van der Waals surface area (Å²) in [6.07, 6.45) is 0.967. The molecule has 0 saturated heterocycles. The number of nitrogens with zero attached hydrogens (tertiary/aromatic N) is 2. The maximum atomic E-state index is 5.51. The molecule has 74 valence electrons. The van der Waals surface area contributed by atoms with E-state index in [1.165, 1.54) is 5.69 Å². The van der Waals surface area contributed by atoms with Crippen molar-refractivity contribution < 1.29 is 0 Å². The summed E-state index contributed by atoms with van der Waals surface area (Å²) in [4.78, 5) is 0. The van der Waals surface area contributed by atoms with Gasteiger partial charge in [0, 0.05) is 0 Å². The molecule has 1 heterocycles. The number of nitrogens with two attached hydrogens (primary N) is 1. The van der Waals surface area contributed by atoms with E-state index in [-0.39, 0.29) is 0 Å². The van der Waals surface area contributed by atoms with Gasteiger partial charge in [0.15, 0.2) is 0 Å². The molecule has 2 N–H and O–H groups in total. The predicted molar refractivity (Wildman–Crippen MR) is 57.8 cm³/mol. The van der Waals surface area contributed by atoms with Crippen LogP contribution in [0, 0.1) is 13.8 Å². The van der Waals surface area contributed by atoms with Gasteiger partial charge in [0.2, 0.25) is 0 Å². The summed E-state index contributed by atoms with van der Waals surface area (Å²) in [6.45, 7) is 6.91. The number of hydrogen-bond donors (Lipinski definition) is 1. The largest absolute Gasteiger partial charge is 0.330 e. The van der Waals surface area contributed by atoms with Crippen LogP contribution in [0.25, 0.3) is 0 Å². The van der Waals surface area contributed by atoms with Gasteiger partial charge in [-0.2, -0.15) is 5.10 Å². The molecule has 1 aromatic heterocycles. The Morgan fingerprint density at radius 3 is 2.54 bits per heavy atom. The van der Waals surface area contributed by atoms with Crippen LogP contribution in [0.3, 0.4) is 0 Å². The molecule has 0 aliphatic carbocycles. The third-order valence-electron chi connectivity index (χ3n) is 2.24. The average molecular weight is 246 g/mol. The molecule has 0 aliphatic rings. The molecule has 0 fully saturated rings. The monoisotopic (exact) mass is 245 g/mol. The van der Waals surface area contributed by atoms with Crippen molar-refractivity contribution in [3.63, 3.8) is 0 Å². The maximum absolute atomic E-state index is 5.51. The summed E-state index contributed by atoms with van der Waals surface area (Å²) in [5, 5.41) is 4.44. The van der Waals surface area contributed by atoms with Gasteiger partial charge in [-0.3, -0.25) is 4.68 Å². The van der Waals surface area contributed by atoms with Gasteiger partial charge in [0.25, 0.3) is 0 Å². The van der Waals surface area contributed by atoms with Crippen LogP contribution in [0.4, 0.5) is 0 Å². The molecular weight excluding hydrogens is 230 g/mol. The Bertz CT molecular complexity index is 293. The fourth-order valence-electron chi connectivity index (χ4n) is 1.44. The number of hydrogen-bond acceptors (Lipinski definition) is 2. The summed E-state index contributed by atoms with van der Waals surface area (Å²) < 4.78 is 3.14. The number of aryl methyl sites for hydroxylation is 1. The van der Waals surface area contributed by atoms with E-state index >= 15 is 0 Å². The first-order chi connectivity index (χ1) is 6.07. The molecular formula is C9H16BrN3.